The Morgan fingerprint density at radius 2 is 2.18 bits per heavy atom. The molecule has 0 aliphatic carbocycles. The van der Waals surface area contributed by atoms with Crippen LogP contribution in [0.5, 0.6) is 0 Å². The first-order valence-corrected chi connectivity index (χ1v) is 4.32. The largest absolute Gasteiger partial charge is 0.435 e. The molecule has 0 aromatic heterocycles. The van der Waals surface area contributed by atoms with Gasteiger partial charge in [-0.2, -0.15) is 8.42 Å². The van der Waals surface area contributed by atoms with Crippen molar-refractivity contribution in [2.45, 2.75) is 6.42 Å². The highest BCUT2D eigenvalue weighted by Crippen LogP contribution is 1.91. The maximum absolute atomic E-state index is 10.4. The molecule has 0 aliphatic rings. The Hall–Kier alpha value is -0.880. The Bertz CT molecular complexity index is 240. The minimum Gasteiger partial charge on any atom is -0.435 e. The van der Waals surface area contributed by atoms with Gasteiger partial charge in [0, 0.05) is 0 Å². The van der Waals surface area contributed by atoms with Gasteiger partial charge in [0.15, 0.2) is 0 Å². The van der Waals surface area contributed by atoms with Gasteiger partial charge in [0.05, 0.1) is 18.4 Å². The van der Waals surface area contributed by atoms with E-state index in [-0.39, 0.29) is 6.42 Å². The second-order valence-corrected chi connectivity index (χ2v) is 3.26. The van der Waals surface area contributed by atoms with Crippen LogP contribution in [0.2, 0.25) is 0 Å². The lowest BCUT2D eigenvalue weighted by molar-refractivity contribution is -0.137. The lowest BCUT2D eigenvalue weighted by Crippen LogP contribution is -2.10. The molecule has 6 heteroatoms. The summed E-state index contributed by atoms with van der Waals surface area (Å²) in [6.07, 6.45) is 0.525. The molecule has 0 unspecified atom stereocenters. The summed E-state index contributed by atoms with van der Waals surface area (Å²) in [5.74, 6) is -1.36. The standard InChI is InChI=1S/C5H8O5S/c1-2-10-5(6)3-4-11(7,8)9/h2H,1,3-4H2,(H,7,8,9). The lowest BCUT2D eigenvalue weighted by atomic mass is 10.5. The van der Waals surface area contributed by atoms with Crippen LogP contribution in [0.4, 0.5) is 0 Å². The molecule has 0 aliphatic heterocycles. The molecule has 0 rings (SSSR count). The van der Waals surface area contributed by atoms with Crippen LogP contribution in [0.1, 0.15) is 6.42 Å². The van der Waals surface area contributed by atoms with E-state index in [9.17, 15) is 13.2 Å². The molecule has 0 heterocycles. The Balaban J connectivity index is 3.72. The van der Waals surface area contributed by atoms with Crippen LogP contribution in [-0.2, 0) is 19.6 Å². The summed E-state index contributed by atoms with van der Waals surface area (Å²) in [6.45, 7) is 3.09. The van der Waals surface area contributed by atoms with Crippen molar-refractivity contribution in [3.05, 3.63) is 12.8 Å². The van der Waals surface area contributed by atoms with Gasteiger partial charge >= 0.3 is 5.97 Å². The van der Waals surface area contributed by atoms with Gasteiger partial charge in [0.1, 0.15) is 0 Å². The van der Waals surface area contributed by atoms with E-state index in [1.54, 1.807) is 0 Å². The molecule has 0 aromatic rings. The monoisotopic (exact) mass is 180 g/mol. The van der Waals surface area contributed by atoms with Crippen LogP contribution in [0.3, 0.4) is 0 Å². The lowest BCUT2D eigenvalue weighted by Gasteiger charge is -1.95. The number of rotatable bonds is 4. The van der Waals surface area contributed by atoms with Gasteiger partial charge in [-0.15, -0.1) is 0 Å². The van der Waals surface area contributed by atoms with Crippen molar-refractivity contribution in [1.29, 1.82) is 0 Å². The zero-order valence-corrected chi connectivity index (χ0v) is 6.50. The van der Waals surface area contributed by atoms with Gasteiger partial charge in [-0.05, 0) is 0 Å². The summed E-state index contributed by atoms with van der Waals surface area (Å²) in [5.41, 5.74) is 0. The Morgan fingerprint density at radius 1 is 1.64 bits per heavy atom. The average Bonchev–Trinajstić information content (AvgIpc) is 1.83. The molecule has 0 amide bonds. The molecule has 0 spiro atoms. The minimum absolute atomic E-state index is 0.370. The third-order valence-corrected chi connectivity index (χ3v) is 1.50. The molecule has 0 aromatic carbocycles. The van der Waals surface area contributed by atoms with Crippen molar-refractivity contribution in [2.75, 3.05) is 5.75 Å². The Labute approximate surface area is 64.4 Å². The smallest absolute Gasteiger partial charge is 0.311 e. The van der Waals surface area contributed by atoms with Crippen molar-refractivity contribution in [1.82, 2.24) is 0 Å². The van der Waals surface area contributed by atoms with Crippen molar-refractivity contribution >= 4 is 16.1 Å². The van der Waals surface area contributed by atoms with E-state index >= 15 is 0 Å². The van der Waals surface area contributed by atoms with Crippen molar-refractivity contribution in [2.24, 2.45) is 0 Å². The number of ether oxygens (including phenoxy) is 1. The van der Waals surface area contributed by atoms with Gasteiger partial charge in [-0.3, -0.25) is 9.35 Å². The summed E-state index contributed by atoms with van der Waals surface area (Å²) in [4.78, 5) is 10.4. The molecule has 0 atom stereocenters. The first kappa shape index (κ1) is 10.1. The molecule has 1 N–H and O–H groups in total. The van der Waals surface area contributed by atoms with Gasteiger partial charge in [-0.1, -0.05) is 6.58 Å². The van der Waals surface area contributed by atoms with Crippen molar-refractivity contribution in [3.63, 3.8) is 0 Å². The summed E-state index contributed by atoms with van der Waals surface area (Å²) < 4.78 is 32.5. The van der Waals surface area contributed by atoms with E-state index in [1.165, 1.54) is 0 Å². The molecule has 64 valence electrons. The molecule has 0 radical (unpaired) electrons. The molecular formula is C5H8O5S. The zero-order chi connectivity index (χ0) is 8.91. The van der Waals surface area contributed by atoms with E-state index in [0.29, 0.717) is 0 Å². The van der Waals surface area contributed by atoms with Crippen LogP contribution in [0, 0.1) is 0 Å². The molecule has 11 heavy (non-hydrogen) atoms. The highest BCUT2D eigenvalue weighted by atomic mass is 32.2. The molecule has 0 bridgehead atoms. The molecule has 0 saturated carbocycles. The van der Waals surface area contributed by atoms with Crippen LogP contribution < -0.4 is 0 Å². The van der Waals surface area contributed by atoms with Crippen molar-refractivity contribution < 1.29 is 22.5 Å². The average molecular weight is 180 g/mol. The fourth-order valence-electron chi connectivity index (χ4n) is 0.364. The third kappa shape index (κ3) is 7.01. The van der Waals surface area contributed by atoms with Crippen LogP contribution in [0.15, 0.2) is 12.8 Å². The Morgan fingerprint density at radius 3 is 2.55 bits per heavy atom. The predicted octanol–water partition coefficient (Wildman–Crippen LogP) is -0.0490. The summed E-state index contributed by atoms with van der Waals surface area (Å²) in [5, 5.41) is 0. The fourth-order valence-corrected chi connectivity index (χ4v) is 0.789. The van der Waals surface area contributed by atoms with Crippen LogP contribution >= 0.6 is 0 Å². The molecular weight excluding hydrogens is 172 g/mol. The van der Waals surface area contributed by atoms with Crippen LogP contribution in [0.25, 0.3) is 0 Å². The van der Waals surface area contributed by atoms with Gasteiger partial charge < -0.3 is 4.74 Å². The quantitative estimate of drug-likeness (QED) is 0.372. The maximum atomic E-state index is 10.4. The van der Waals surface area contributed by atoms with E-state index in [4.69, 9.17) is 4.55 Å². The number of carbonyl (C=O) groups excluding carboxylic acids is 1. The van der Waals surface area contributed by atoms with E-state index in [0.717, 1.165) is 6.26 Å². The molecule has 5 nitrogen and oxygen atoms in total. The maximum Gasteiger partial charge on any atom is 0.311 e. The second-order valence-electron chi connectivity index (χ2n) is 1.69. The SMILES string of the molecule is C=COC(=O)CCS(=O)(=O)O. The van der Waals surface area contributed by atoms with Gasteiger partial charge in [-0.25, -0.2) is 0 Å². The van der Waals surface area contributed by atoms with E-state index in [1.807, 2.05) is 0 Å². The van der Waals surface area contributed by atoms with Gasteiger partial charge in [0.25, 0.3) is 10.1 Å². The Kier molecular flexibility index (Phi) is 3.77. The third-order valence-electron chi connectivity index (χ3n) is 0.779. The highest BCUT2D eigenvalue weighted by molar-refractivity contribution is 7.85. The zero-order valence-electron chi connectivity index (χ0n) is 5.69. The topological polar surface area (TPSA) is 80.7 Å². The van der Waals surface area contributed by atoms with E-state index < -0.39 is 21.8 Å². The van der Waals surface area contributed by atoms with Crippen molar-refractivity contribution in [3.8, 4) is 0 Å². The number of esters is 1. The fraction of sp³-hybridized carbons (Fsp3) is 0.400. The van der Waals surface area contributed by atoms with Gasteiger partial charge in [0.2, 0.25) is 0 Å². The highest BCUT2D eigenvalue weighted by Gasteiger charge is 2.09. The number of hydrogen-bond donors (Lipinski definition) is 1. The predicted molar refractivity (Wildman–Crippen MR) is 37.3 cm³/mol. The minimum atomic E-state index is -4.07. The summed E-state index contributed by atoms with van der Waals surface area (Å²) in [7, 11) is -4.07. The first-order chi connectivity index (χ1) is 4.95. The number of hydrogen-bond acceptors (Lipinski definition) is 4. The molecule has 0 saturated heterocycles. The first-order valence-electron chi connectivity index (χ1n) is 2.71. The summed E-state index contributed by atoms with van der Waals surface area (Å²) >= 11 is 0. The number of carbonyl (C=O) groups is 1. The van der Waals surface area contributed by atoms with E-state index in [2.05, 4.69) is 11.3 Å². The normalized spacial score (nSPS) is 10.6. The summed E-state index contributed by atoms with van der Waals surface area (Å²) in [6, 6.07) is 0. The van der Waals surface area contributed by atoms with Crippen LogP contribution in [-0.4, -0.2) is 24.7 Å². The molecule has 0 fully saturated rings. The second kappa shape index (κ2) is 4.09.